The molecular formula is C20H27N2O4+. The lowest BCUT2D eigenvalue weighted by molar-refractivity contribution is -0.688. The highest BCUT2D eigenvalue weighted by Crippen LogP contribution is 2.17. The number of ether oxygens (including phenoxy) is 2. The summed E-state index contributed by atoms with van der Waals surface area (Å²) in [6.45, 7) is 4.99. The number of rotatable bonds is 9. The highest BCUT2D eigenvalue weighted by atomic mass is 16.5. The van der Waals surface area contributed by atoms with Gasteiger partial charge in [-0.3, -0.25) is 4.79 Å². The van der Waals surface area contributed by atoms with Gasteiger partial charge in [-0.25, -0.2) is 0 Å². The van der Waals surface area contributed by atoms with E-state index in [4.69, 9.17) is 9.47 Å². The molecule has 140 valence electrons. The molecule has 0 radical (unpaired) electrons. The summed E-state index contributed by atoms with van der Waals surface area (Å²) in [4.78, 5) is 12.2. The van der Waals surface area contributed by atoms with E-state index in [2.05, 4.69) is 24.5 Å². The molecule has 0 saturated heterocycles. The molecule has 2 rings (SSSR count). The third-order valence-corrected chi connectivity index (χ3v) is 3.79. The van der Waals surface area contributed by atoms with E-state index >= 15 is 0 Å². The van der Waals surface area contributed by atoms with Crippen LogP contribution in [0.1, 0.15) is 24.2 Å². The molecule has 0 aliphatic heterocycles. The SMILES string of the molecule is COc1ccc(C(=O)Nc2ccc(OC[C@H](O)C[NH2+]C(C)C)cc2)cc1. The molecule has 0 aliphatic carbocycles. The lowest BCUT2D eigenvalue weighted by Crippen LogP contribution is -2.90. The molecular weight excluding hydrogens is 332 g/mol. The molecule has 2 aromatic rings. The molecule has 1 amide bonds. The lowest BCUT2D eigenvalue weighted by Gasteiger charge is -2.13. The molecule has 0 spiro atoms. The van der Waals surface area contributed by atoms with E-state index in [0.29, 0.717) is 35.3 Å². The lowest BCUT2D eigenvalue weighted by atomic mass is 10.2. The first-order valence-electron chi connectivity index (χ1n) is 8.67. The van der Waals surface area contributed by atoms with E-state index in [0.717, 1.165) is 0 Å². The molecule has 26 heavy (non-hydrogen) atoms. The van der Waals surface area contributed by atoms with E-state index in [1.807, 2.05) is 0 Å². The van der Waals surface area contributed by atoms with Crippen LogP contribution in [0.4, 0.5) is 5.69 Å². The molecule has 0 fully saturated rings. The van der Waals surface area contributed by atoms with E-state index in [9.17, 15) is 9.90 Å². The quantitative estimate of drug-likeness (QED) is 0.636. The van der Waals surface area contributed by atoms with Crippen LogP contribution in [0, 0.1) is 0 Å². The second-order valence-electron chi connectivity index (χ2n) is 6.39. The summed E-state index contributed by atoms with van der Waals surface area (Å²) in [5, 5.41) is 14.8. The summed E-state index contributed by atoms with van der Waals surface area (Å²) < 4.78 is 10.7. The summed E-state index contributed by atoms with van der Waals surface area (Å²) in [5.74, 6) is 1.16. The minimum absolute atomic E-state index is 0.194. The number of quaternary nitrogens is 1. The van der Waals surface area contributed by atoms with Gasteiger partial charge in [-0.15, -0.1) is 0 Å². The average molecular weight is 359 g/mol. The van der Waals surface area contributed by atoms with E-state index in [-0.39, 0.29) is 12.5 Å². The highest BCUT2D eigenvalue weighted by molar-refractivity contribution is 6.04. The first-order chi connectivity index (χ1) is 12.5. The number of aliphatic hydroxyl groups is 1. The van der Waals surface area contributed by atoms with Gasteiger partial charge < -0.3 is 25.2 Å². The zero-order chi connectivity index (χ0) is 18.9. The maximum absolute atomic E-state index is 12.2. The zero-order valence-corrected chi connectivity index (χ0v) is 15.4. The van der Waals surface area contributed by atoms with Crippen molar-refractivity contribution in [2.24, 2.45) is 0 Å². The minimum Gasteiger partial charge on any atom is -0.497 e. The molecule has 6 heteroatoms. The molecule has 0 saturated carbocycles. The Balaban J connectivity index is 1.83. The summed E-state index contributed by atoms with van der Waals surface area (Å²) >= 11 is 0. The largest absolute Gasteiger partial charge is 0.497 e. The number of aliphatic hydroxyl groups excluding tert-OH is 1. The number of nitrogens with two attached hydrogens (primary N) is 1. The van der Waals surface area contributed by atoms with Crippen molar-refractivity contribution in [3.05, 3.63) is 54.1 Å². The Morgan fingerprint density at radius 2 is 1.69 bits per heavy atom. The first-order valence-corrected chi connectivity index (χ1v) is 8.67. The molecule has 0 heterocycles. The maximum Gasteiger partial charge on any atom is 0.255 e. The van der Waals surface area contributed by atoms with Gasteiger partial charge in [0.05, 0.1) is 13.2 Å². The monoisotopic (exact) mass is 359 g/mol. The number of amides is 1. The van der Waals surface area contributed by atoms with Crippen LogP contribution < -0.4 is 20.1 Å². The highest BCUT2D eigenvalue weighted by Gasteiger charge is 2.09. The van der Waals surface area contributed by atoms with Gasteiger partial charge in [0.2, 0.25) is 0 Å². The van der Waals surface area contributed by atoms with Crippen LogP contribution in [0.2, 0.25) is 0 Å². The number of hydrogen-bond donors (Lipinski definition) is 3. The van der Waals surface area contributed by atoms with Crippen molar-refractivity contribution in [1.82, 2.24) is 0 Å². The van der Waals surface area contributed by atoms with E-state index < -0.39 is 6.10 Å². The van der Waals surface area contributed by atoms with Crippen molar-refractivity contribution < 1.29 is 24.7 Å². The molecule has 6 nitrogen and oxygen atoms in total. The number of carbonyl (C=O) groups excluding carboxylic acids is 1. The predicted octanol–water partition coefficient (Wildman–Crippen LogP) is 1.66. The van der Waals surface area contributed by atoms with Crippen molar-refractivity contribution in [2.75, 3.05) is 25.6 Å². The van der Waals surface area contributed by atoms with Gasteiger partial charge in [0, 0.05) is 11.3 Å². The van der Waals surface area contributed by atoms with Gasteiger partial charge in [0.25, 0.3) is 5.91 Å². The number of nitrogens with one attached hydrogen (secondary N) is 1. The average Bonchev–Trinajstić information content (AvgIpc) is 2.65. The number of hydrogen-bond acceptors (Lipinski definition) is 4. The number of methoxy groups -OCH3 is 1. The normalized spacial score (nSPS) is 11.9. The summed E-state index contributed by atoms with van der Waals surface area (Å²) in [6.07, 6.45) is -0.521. The number of carbonyl (C=O) groups is 1. The number of anilines is 1. The molecule has 0 bridgehead atoms. The maximum atomic E-state index is 12.2. The van der Waals surface area contributed by atoms with Crippen molar-refractivity contribution in [1.29, 1.82) is 0 Å². The second-order valence-corrected chi connectivity index (χ2v) is 6.39. The van der Waals surface area contributed by atoms with Gasteiger partial charge in [-0.05, 0) is 62.4 Å². The van der Waals surface area contributed by atoms with Crippen molar-refractivity contribution >= 4 is 11.6 Å². The molecule has 1 atom stereocenters. The smallest absolute Gasteiger partial charge is 0.255 e. The molecule has 0 aliphatic rings. The Kier molecular flexibility index (Phi) is 7.44. The van der Waals surface area contributed by atoms with Crippen LogP contribution in [-0.2, 0) is 0 Å². The third-order valence-electron chi connectivity index (χ3n) is 3.79. The summed E-state index contributed by atoms with van der Waals surface area (Å²) in [5.41, 5.74) is 1.22. The number of benzene rings is 2. The van der Waals surface area contributed by atoms with Gasteiger partial charge in [0.1, 0.15) is 30.8 Å². The zero-order valence-electron chi connectivity index (χ0n) is 15.4. The van der Waals surface area contributed by atoms with Crippen LogP contribution in [0.5, 0.6) is 11.5 Å². The summed E-state index contributed by atoms with van der Waals surface area (Å²) in [6, 6.07) is 14.4. The van der Waals surface area contributed by atoms with Crippen LogP contribution in [0.25, 0.3) is 0 Å². The van der Waals surface area contributed by atoms with E-state index in [1.165, 1.54) is 0 Å². The fourth-order valence-electron chi connectivity index (χ4n) is 2.27. The van der Waals surface area contributed by atoms with Crippen LogP contribution in [0.15, 0.2) is 48.5 Å². The molecule has 2 aromatic carbocycles. The Bertz CT molecular complexity index is 684. The van der Waals surface area contributed by atoms with Crippen molar-refractivity contribution in [3.8, 4) is 11.5 Å². The first kappa shape index (κ1) is 19.8. The molecule has 4 N–H and O–H groups in total. The van der Waals surface area contributed by atoms with Crippen LogP contribution in [0.3, 0.4) is 0 Å². The Morgan fingerprint density at radius 1 is 1.08 bits per heavy atom. The van der Waals surface area contributed by atoms with Crippen molar-refractivity contribution in [3.63, 3.8) is 0 Å². The standard InChI is InChI=1S/C20H26N2O4/c1-14(2)21-12-17(23)13-26-19-10-6-16(7-11-19)22-20(24)15-4-8-18(25-3)9-5-15/h4-11,14,17,21,23H,12-13H2,1-3H3,(H,22,24)/p+1/t17-/m1/s1. The predicted molar refractivity (Wildman–Crippen MR) is 101 cm³/mol. The molecule has 0 unspecified atom stereocenters. The van der Waals surface area contributed by atoms with Crippen molar-refractivity contribution in [2.45, 2.75) is 26.0 Å². The third kappa shape index (κ3) is 6.38. The van der Waals surface area contributed by atoms with Gasteiger partial charge >= 0.3 is 0 Å². The Labute approximate surface area is 154 Å². The van der Waals surface area contributed by atoms with Gasteiger partial charge in [-0.1, -0.05) is 0 Å². The van der Waals surface area contributed by atoms with Crippen LogP contribution in [-0.4, -0.2) is 43.4 Å². The topological polar surface area (TPSA) is 84.4 Å². The Morgan fingerprint density at radius 3 is 2.27 bits per heavy atom. The minimum atomic E-state index is -0.521. The fraction of sp³-hybridized carbons (Fsp3) is 0.350. The Hall–Kier alpha value is -2.57. The fourth-order valence-corrected chi connectivity index (χ4v) is 2.27. The van der Waals surface area contributed by atoms with Gasteiger partial charge in [0.15, 0.2) is 0 Å². The molecule has 0 aromatic heterocycles. The van der Waals surface area contributed by atoms with Gasteiger partial charge in [-0.2, -0.15) is 0 Å². The summed E-state index contributed by atoms with van der Waals surface area (Å²) in [7, 11) is 1.58. The van der Waals surface area contributed by atoms with E-state index in [1.54, 1.807) is 55.6 Å². The van der Waals surface area contributed by atoms with Crippen LogP contribution >= 0.6 is 0 Å². The second kappa shape index (κ2) is 9.79.